The van der Waals surface area contributed by atoms with E-state index in [0.29, 0.717) is 5.75 Å². The summed E-state index contributed by atoms with van der Waals surface area (Å²) in [7, 11) is 0. The minimum atomic E-state index is 0. The van der Waals surface area contributed by atoms with Gasteiger partial charge in [-0.3, -0.25) is 0 Å². The van der Waals surface area contributed by atoms with Crippen LogP contribution >= 0.6 is 0 Å². The highest BCUT2D eigenvalue weighted by molar-refractivity contribution is 5.18. The van der Waals surface area contributed by atoms with Gasteiger partial charge in [0.1, 0.15) is 0 Å². The maximum absolute atomic E-state index is 8.89. The molecule has 9 heavy (non-hydrogen) atoms. The van der Waals surface area contributed by atoms with Crippen LogP contribution in [0.2, 0.25) is 0 Å². The second-order valence-corrected chi connectivity index (χ2v) is 1.68. The van der Waals surface area contributed by atoms with Gasteiger partial charge in [0.15, 0.2) is 11.9 Å². The molecule has 0 spiro atoms. The highest BCUT2D eigenvalue weighted by Crippen LogP contribution is 2.05. The van der Waals surface area contributed by atoms with Crippen LogP contribution in [0.5, 0.6) is 5.75 Å². The van der Waals surface area contributed by atoms with Gasteiger partial charge in [-0.25, -0.2) is 4.98 Å². The fourth-order valence-corrected chi connectivity index (χ4v) is 0.511. The van der Waals surface area contributed by atoms with E-state index in [0.717, 1.165) is 5.69 Å². The highest BCUT2D eigenvalue weighted by atomic mass is 127. The van der Waals surface area contributed by atoms with Crippen molar-refractivity contribution in [2.24, 2.45) is 0 Å². The molecule has 50 valence electrons. The average molecular weight is 237 g/mol. The molecule has 0 saturated heterocycles. The van der Waals surface area contributed by atoms with Crippen molar-refractivity contribution in [1.82, 2.24) is 0 Å². The van der Waals surface area contributed by atoms with Crippen LogP contribution in [0.1, 0.15) is 5.69 Å². The zero-order chi connectivity index (χ0) is 5.98. The van der Waals surface area contributed by atoms with Crippen molar-refractivity contribution in [1.29, 1.82) is 0 Å². The number of hydrogen-bond donors (Lipinski definition) is 1. The van der Waals surface area contributed by atoms with Crippen LogP contribution in [0.4, 0.5) is 0 Å². The average Bonchev–Trinajstić information content (AvgIpc) is 1.77. The predicted molar refractivity (Wildman–Crippen MR) is 29.4 cm³/mol. The van der Waals surface area contributed by atoms with Gasteiger partial charge in [0, 0.05) is 13.0 Å². The van der Waals surface area contributed by atoms with Crippen molar-refractivity contribution in [3.05, 3.63) is 24.0 Å². The fraction of sp³-hybridized carbons (Fsp3) is 0.167. The number of nitrogens with one attached hydrogen (secondary N) is 1. The number of halogens is 1. The molecule has 0 atom stereocenters. The normalized spacial score (nSPS) is 8.11. The monoisotopic (exact) mass is 237 g/mol. The number of H-pyrrole nitrogens is 1. The summed E-state index contributed by atoms with van der Waals surface area (Å²) in [6.45, 7) is 1.81. The SMILES string of the molecule is Cc1[nH+]cccc1O.[I-]. The summed E-state index contributed by atoms with van der Waals surface area (Å²) < 4.78 is 0. The van der Waals surface area contributed by atoms with Crippen LogP contribution in [-0.4, -0.2) is 5.11 Å². The summed E-state index contributed by atoms with van der Waals surface area (Å²) in [5.41, 5.74) is 0.799. The minimum Gasteiger partial charge on any atom is -1.00 e. The van der Waals surface area contributed by atoms with Gasteiger partial charge in [0.2, 0.25) is 5.69 Å². The Balaban J connectivity index is 0.000000640. The molecule has 1 rings (SSSR count). The third-order valence-corrected chi connectivity index (χ3v) is 1.03. The Labute approximate surface area is 71.0 Å². The molecule has 3 heteroatoms. The van der Waals surface area contributed by atoms with E-state index in [4.69, 9.17) is 5.11 Å². The van der Waals surface area contributed by atoms with Crippen LogP contribution in [0.25, 0.3) is 0 Å². The van der Waals surface area contributed by atoms with E-state index in [1.54, 1.807) is 18.3 Å². The minimum absolute atomic E-state index is 0. The Hall–Kier alpha value is -0.320. The lowest BCUT2D eigenvalue weighted by Gasteiger charge is -1.85. The second kappa shape index (κ2) is 3.66. The summed E-state index contributed by atoms with van der Waals surface area (Å²) in [6, 6.07) is 3.40. The van der Waals surface area contributed by atoms with Gasteiger partial charge in [-0.1, -0.05) is 0 Å². The molecule has 1 heterocycles. The van der Waals surface area contributed by atoms with E-state index in [1.807, 2.05) is 6.92 Å². The smallest absolute Gasteiger partial charge is 0.218 e. The van der Waals surface area contributed by atoms with Crippen LogP contribution in [0.15, 0.2) is 18.3 Å². The van der Waals surface area contributed by atoms with Gasteiger partial charge in [0.25, 0.3) is 0 Å². The third kappa shape index (κ3) is 2.17. The molecule has 0 aliphatic rings. The molecular formula is C6H8INO. The third-order valence-electron chi connectivity index (χ3n) is 1.03. The van der Waals surface area contributed by atoms with E-state index < -0.39 is 0 Å². The number of rotatable bonds is 0. The first-order chi connectivity index (χ1) is 3.80. The zero-order valence-corrected chi connectivity index (χ0v) is 7.21. The first-order valence-corrected chi connectivity index (χ1v) is 2.47. The first-order valence-electron chi connectivity index (χ1n) is 2.47. The van der Waals surface area contributed by atoms with E-state index >= 15 is 0 Å². The maximum atomic E-state index is 8.89. The summed E-state index contributed by atoms with van der Waals surface area (Å²) in [5, 5.41) is 8.89. The Morgan fingerprint density at radius 2 is 2.22 bits per heavy atom. The van der Waals surface area contributed by atoms with E-state index in [9.17, 15) is 0 Å². The number of aryl methyl sites for hydroxylation is 1. The summed E-state index contributed by atoms with van der Waals surface area (Å²) >= 11 is 0. The summed E-state index contributed by atoms with van der Waals surface area (Å²) in [5.74, 6) is 0.313. The Bertz CT molecular complexity index is 169. The van der Waals surface area contributed by atoms with E-state index in [2.05, 4.69) is 4.98 Å². The lowest BCUT2D eigenvalue weighted by Crippen LogP contribution is -3.00. The van der Waals surface area contributed by atoms with Crippen molar-refractivity contribution in [3.63, 3.8) is 0 Å². The lowest BCUT2D eigenvalue weighted by molar-refractivity contribution is -0.388. The van der Waals surface area contributed by atoms with Gasteiger partial charge in [0.05, 0.1) is 0 Å². The molecule has 1 aromatic heterocycles. The van der Waals surface area contributed by atoms with Gasteiger partial charge in [-0.2, -0.15) is 0 Å². The van der Waals surface area contributed by atoms with Crippen molar-refractivity contribution in [3.8, 4) is 5.75 Å². The molecule has 0 saturated carbocycles. The quantitative estimate of drug-likeness (QED) is 0.498. The number of aromatic nitrogens is 1. The molecule has 1 aromatic rings. The van der Waals surface area contributed by atoms with Gasteiger partial charge < -0.3 is 29.1 Å². The topological polar surface area (TPSA) is 34.4 Å². The fourth-order valence-electron chi connectivity index (χ4n) is 0.511. The second-order valence-electron chi connectivity index (χ2n) is 1.68. The van der Waals surface area contributed by atoms with Gasteiger partial charge >= 0.3 is 0 Å². The molecule has 0 bridgehead atoms. The molecule has 0 radical (unpaired) electrons. The van der Waals surface area contributed by atoms with Gasteiger partial charge in [-0.15, -0.1) is 0 Å². The Kier molecular flexibility index (Phi) is 3.53. The van der Waals surface area contributed by atoms with Crippen molar-refractivity contribution in [2.75, 3.05) is 0 Å². The number of pyridine rings is 1. The summed E-state index contributed by atoms with van der Waals surface area (Å²) in [6.07, 6.45) is 1.77. The number of hydrogen-bond acceptors (Lipinski definition) is 1. The molecule has 0 aliphatic carbocycles. The van der Waals surface area contributed by atoms with Crippen molar-refractivity contribution >= 4 is 0 Å². The van der Waals surface area contributed by atoms with Crippen molar-refractivity contribution < 1.29 is 34.1 Å². The molecule has 0 unspecified atom stereocenters. The van der Waals surface area contributed by atoms with Crippen LogP contribution < -0.4 is 29.0 Å². The molecule has 0 aromatic carbocycles. The van der Waals surface area contributed by atoms with Crippen LogP contribution in [0, 0.1) is 6.92 Å². The Morgan fingerprint density at radius 1 is 1.56 bits per heavy atom. The molecule has 2 nitrogen and oxygen atoms in total. The molecular weight excluding hydrogens is 229 g/mol. The van der Waals surface area contributed by atoms with Crippen LogP contribution in [-0.2, 0) is 0 Å². The molecule has 0 amide bonds. The molecule has 0 aliphatic heterocycles. The summed E-state index contributed by atoms with van der Waals surface area (Å²) in [4.78, 5) is 2.85. The molecule has 2 N–H and O–H groups in total. The maximum Gasteiger partial charge on any atom is 0.218 e. The number of aromatic amines is 1. The van der Waals surface area contributed by atoms with E-state index in [1.165, 1.54) is 0 Å². The van der Waals surface area contributed by atoms with Gasteiger partial charge in [-0.05, 0) is 6.07 Å². The largest absolute Gasteiger partial charge is 1.00 e. The van der Waals surface area contributed by atoms with E-state index in [-0.39, 0.29) is 24.0 Å². The highest BCUT2D eigenvalue weighted by Gasteiger charge is 1.96. The number of aromatic hydroxyl groups is 1. The van der Waals surface area contributed by atoms with Crippen molar-refractivity contribution in [2.45, 2.75) is 6.92 Å². The van der Waals surface area contributed by atoms with Crippen LogP contribution in [0.3, 0.4) is 0 Å². The Morgan fingerprint density at radius 3 is 2.56 bits per heavy atom. The zero-order valence-electron chi connectivity index (χ0n) is 5.06. The standard InChI is InChI=1S/C6H7NO.HI/c1-5-6(8)3-2-4-7-5;/h2-4,8H,1H3;1H. The predicted octanol–water partition coefficient (Wildman–Crippen LogP) is -2.48. The first kappa shape index (κ1) is 8.68. The lowest BCUT2D eigenvalue weighted by atomic mass is 10.3. The molecule has 0 fully saturated rings.